The van der Waals surface area contributed by atoms with Crippen LogP contribution in [0.1, 0.15) is 22.3 Å². The molecule has 0 spiro atoms. The van der Waals surface area contributed by atoms with Crippen LogP contribution in [0, 0.1) is 0 Å². The molecule has 2 nitrogen and oxygen atoms in total. The van der Waals surface area contributed by atoms with Crippen LogP contribution in [0.5, 0.6) is 0 Å². The van der Waals surface area contributed by atoms with Gasteiger partial charge in [0.05, 0.1) is 22.2 Å². The quantitative estimate of drug-likeness (QED) is 0.160. The van der Waals surface area contributed by atoms with Gasteiger partial charge in [0, 0.05) is 16.6 Å². The second-order valence-corrected chi connectivity index (χ2v) is 16.0. The van der Waals surface area contributed by atoms with Crippen molar-refractivity contribution in [1.29, 1.82) is 0 Å². The van der Waals surface area contributed by atoms with Gasteiger partial charge in [-0.3, -0.25) is 0 Å². The largest absolute Gasteiger partial charge is 0.456 e. The molecule has 286 valence electrons. The standard InChI is InChI=1S/C59H39NO/c1-3-18-40(19-4-1)42-36-37-56-51(38-42)58-55(34-17-35-57(58)61-56)60(54-33-14-11-29-50(54)47-30-15-21-41-20-7-8-26-46(41)47)45-25-16-24-44(39-45)59(43-22-5-2-6-23-43)52-31-12-9-27-48(52)49-28-10-13-32-53(49)59/h1-39H. The maximum absolute atomic E-state index is 6.71. The molecular weight excluding hydrogens is 739 g/mol. The first-order valence-corrected chi connectivity index (χ1v) is 21.0. The number of furan rings is 1. The van der Waals surface area contributed by atoms with E-state index in [-0.39, 0.29) is 0 Å². The van der Waals surface area contributed by atoms with E-state index in [1.807, 2.05) is 0 Å². The summed E-state index contributed by atoms with van der Waals surface area (Å²) in [5.41, 5.74) is 16.6. The maximum Gasteiger partial charge on any atom is 0.137 e. The first kappa shape index (κ1) is 35.0. The van der Waals surface area contributed by atoms with Gasteiger partial charge in [-0.15, -0.1) is 0 Å². The van der Waals surface area contributed by atoms with Crippen molar-refractivity contribution in [2.75, 3.05) is 4.90 Å². The summed E-state index contributed by atoms with van der Waals surface area (Å²) in [6, 6.07) is 86.1. The third-order valence-electron chi connectivity index (χ3n) is 12.7. The fourth-order valence-electron chi connectivity index (χ4n) is 10.2. The lowest BCUT2D eigenvalue weighted by molar-refractivity contribution is 0.669. The first-order valence-electron chi connectivity index (χ1n) is 21.0. The van der Waals surface area contributed by atoms with Crippen molar-refractivity contribution in [2.45, 2.75) is 5.41 Å². The number of hydrogen-bond donors (Lipinski definition) is 0. The summed E-state index contributed by atoms with van der Waals surface area (Å²) in [4.78, 5) is 2.47. The first-order chi connectivity index (χ1) is 30.3. The molecule has 1 heterocycles. The molecule has 2 heteroatoms. The minimum Gasteiger partial charge on any atom is -0.456 e. The van der Waals surface area contributed by atoms with Crippen LogP contribution in [-0.2, 0) is 5.41 Å². The van der Waals surface area contributed by atoms with Crippen molar-refractivity contribution in [3.05, 3.63) is 259 Å². The van der Waals surface area contributed by atoms with Crippen LogP contribution in [0.2, 0.25) is 0 Å². The lowest BCUT2D eigenvalue weighted by Gasteiger charge is -2.35. The van der Waals surface area contributed by atoms with E-state index in [0.29, 0.717) is 0 Å². The Morgan fingerprint density at radius 2 is 0.934 bits per heavy atom. The highest BCUT2D eigenvalue weighted by Crippen LogP contribution is 2.57. The molecule has 0 amide bonds. The Labute approximate surface area is 355 Å². The number of para-hydroxylation sites is 1. The van der Waals surface area contributed by atoms with E-state index >= 15 is 0 Å². The number of rotatable bonds is 7. The highest BCUT2D eigenvalue weighted by molar-refractivity contribution is 6.15. The average molecular weight is 778 g/mol. The Balaban J connectivity index is 1.17. The summed E-state index contributed by atoms with van der Waals surface area (Å²) in [7, 11) is 0. The lowest BCUT2D eigenvalue weighted by atomic mass is 9.67. The fourth-order valence-corrected chi connectivity index (χ4v) is 10.2. The van der Waals surface area contributed by atoms with Crippen LogP contribution in [0.15, 0.2) is 241 Å². The third kappa shape index (κ3) is 5.43. The van der Waals surface area contributed by atoms with Gasteiger partial charge in [-0.1, -0.05) is 194 Å². The number of anilines is 3. The molecule has 0 unspecified atom stereocenters. The molecule has 10 aromatic carbocycles. The Bertz CT molecular complexity index is 3380. The molecule has 61 heavy (non-hydrogen) atoms. The van der Waals surface area contributed by atoms with Crippen molar-refractivity contribution in [1.82, 2.24) is 0 Å². The van der Waals surface area contributed by atoms with Gasteiger partial charge in [0.1, 0.15) is 11.2 Å². The van der Waals surface area contributed by atoms with E-state index in [0.717, 1.165) is 50.1 Å². The number of nitrogens with zero attached hydrogens (tertiary/aromatic N) is 1. The predicted molar refractivity (Wildman–Crippen MR) is 254 cm³/mol. The van der Waals surface area contributed by atoms with Gasteiger partial charge in [-0.25, -0.2) is 0 Å². The Morgan fingerprint density at radius 3 is 1.74 bits per heavy atom. The molecule has 0 atom stereocenters. The fraction of sp³-hybridized carbons (Fsp3) is 0.0169. The van der Waals surface area contributed by atoms with Crippen molar-refractivity contribution in [3.8, 4) is 33.4 Å². The maximum atomic E-state index is 6.71. The predicted octanol–water partition coefficient (Wildman–Crippen LogP) is 15.9. The molecule has 1 aromatic heterocycles. The van der Waals surface area contributed by atoms with E-state index in [9.17, 15) is 0 Å². The Morgan fingerprint density at radius 1 is 0.344 bits per heavy atom. The summed E-state index contributed by atoms with van der Waals surface area (Å²) in [5.74, 6) is 0. The highest BCUT2D eigenvalue weighted by Gasteiger charge is 2.46. The molecule has 11 aromatic rings. The van der Waals surface area contributed by atoms with Crippen LogP contribution < -0.4 is 4.90 Å². The van der Waals surface area contributed by atoms with E-state index in [1.54, 1.807) is 0 Å². The van der Waals surface area contributed by atoms with E-state index < -0.39 is 5.41 Å². The van der Waals surface area contributed by atoms with Crippen LogP contribution in [0.4, 0.5) is 17.1 Å². The second-order valence-electron chi connectivity index (χ2n) is 16.0. The molecule has 0 bridgehead atoms. The molecular formula is C59H39NO. The zero-order valence-corrected chi connectivity index (χ0v) is 33.4. The highest BCUT2D eigenvalue weighted by atomic mass is 16.3. The summed E-state index contributed by atoms with van der Waals surface area (Å²) in [6.07, 6.45) is 0. The normalized spacial score (nSPS) is 12.7. The number of benzene rings is 10. The molecule has 1 aliphatic carbocycles. The number of hydrogen-bond acceptors (Lipinski definition) is 2. The smallest absolute Gasteiger partial charge is 0.137 e. The van der Waals surface area contributed by atoms with E-state index in [1.165, 1.54) is 55.3 Å². The lowest BCUT2D eigenvalue weighted by Crippen LogP contribution is -2.28. The van der Waals surface area contributed by atoms with Gasteiger partial charge in [0.2, 0.25) is 0 Å². The monoisotopic (exact) mass is 777 g/mol. The van der Waals surface area contributed by atoms with Crippen molar-refractivity contribution < 1.29 is 4.42 Å². The van der Waals surface area contributed by atoms with Crippen molar-refractivity contribution in [3.63, 3.8) is 0 Å². The summed E-state index contributed by atoms with van der Waals surface area (Å²) in [5, 5.41) is 4.58. The van der Waals surface area contributed by atoms with Crippen LogP contribution >= 0.6 is 0 Å². The Kier molecular flexibility index (Phi) is 8.11. The molecule has 12 rings (SSSR count). The molecule has 1 aliphatic rings. The van der Waals surface area contributed by atoms with E-state index in [4.69, 9.17) is 4.42 Å². The Hall–Kier alpha value is -7.94. The molecule has 0 N–H and O–H groups in total. The van der Waals surface area contributed by atoms with Crippen LogP contribution in [0.3, 0.4) is 0 Å². The minimum atomic E-state index is -0.551. The SMILES string of the molecule is c1ccc(-c2ccc3oc4cccc(N(c5cccc(C6(c7ccccc7)c7ccccc7-c7ccccc76)c5)c5ccccc5-c5cccc6ccccc56)c4c3c2)cc1. The van der Waals surface area contributed by atoms with Crippen molar-refractivity contribution >= 4 is 49.8 Å². The number of fused-ring (bicyclic) bond motifs is 7. The summed E-state index contributed by atoms with van der Waals surface area (Å²) < 4.78 is 6.71. The molecule has 0 fully saturated rings. The average Bonchev–Trinajstić information content (AvgIpc) is 3.86. The van der Waals surface area contributed by atoms with Crippen LogP contribution in [-0.4, -0.2) is 0 Å². The topological polar surface area (TPSA) is 16.4 Å². The molecule has 0 saturated carbocycles. The van der Waals surface area contributed by atoms with Gasteiger partial charge in [0.25, 0.3) is 0 Å². The molecule has 0 aliphatic heterocycles. The van der Waals surface area contributed by atoms with Gasteiger partial charge < -0.3 is 9.32 Å². The molecule has 0 radical (unpaired) electrons. The molecule has 0 saturated heterocycles. The minimum absolute atomic E-state index is 0.551. The second kappa shape index (κ2) is 14.1. The van der Waals surface area contributed by atoms with E-state index in [2.05, 4.69) is 241 Å². The summed E-state index contributed by atoms with van der Waals surface area (Å²) in [6.45, 7) is 0. The van der Waals surface area contributed by atoms with Gasteiger partial charge in [-0.05, 0) is 103 Å². The van der Waals surface area contributed by atoms with Crippen LogP contribution in [0.25, 0.3) is 66.1 Å². The van der Waals surface area contributed by atoms with Gasteiger partial charge >= 0.3 is 0 Å². The van der Waals surface area contributed by atoms with Gasteiger partial charge in [0.15, 0.2) is 0 Å². The third-order valence-corrected chi connectivity index (χ3v) is 12.7. The zero-order chi connectivity index (χ0) is 40.3. The van der Waals surface area contributed by atoms with Crippen molar-refractivity contribution in [2.24, 2.45) is 0 Å². The summed E-state index contributed by atoms with van der Waals surface area (Å²) >= 11 is 0. The zero-order valence-electron chi connectivity index (χ0n) is 33.4. The van der Waals surface area contributed by atoms with Gasteiger partial charge in [-0.2, -0.15) is 0 Å².